The van der Waals surface area contributed by atoms with Gasteiger partial charge in [0.05, 0.1) is 33.4 Å². The maximum Gasteiger partial charge on any atom is 0.301 e. The number of carbonyl (C=O) groups excluding carboxylic acids is 4. The van der Waals surface area contributed by atoms with Crippen molar-refractivity contribution < 1.29 is 45.9 Å². The number of anilines is 1. The van der Waals surface area contributed by atoms with Crippen LogP contribution in [0.25, 0.3) is 32.6 Å². The Hall–Kier alpha value is -6.42. The number of hydrogen-bond acceptors (Lipinski definition) is 10. The van der Waals surface area contributed by atoms with Crippen LogP contribution in [0.1, 0.15) is 60.8 Å². The van der Waals surface area contributed by atoms with Gasteiger partial charge in [-0.2, -0.15) is 12.7 Å². The van der Waals surface area contributed by atoms with E-state index < -0.39 is 92.8 Å². The van der Waals surface area contributed by atoms with Gasteiger partial charge in [0.2, 0.25) is 17.6 Å². The van der Waals surface area contributed by atoms with E-state index in [-0.39, 0.29) is 49.1 Å². The number of rotatable bonds is 14. The van der Waals surface area contributed by atoms with E-state index in [9.17, 15) is 37.1 Å². The lowest BCUT2D eigenvalue weighted by Gasteiger charge is -2.35. The van der Waals surface area contributed by atoms with Gasteiger partial charge in [-0.1, -0.05) is 74.8 Å². The molecule has 5 N–H and O–H groups in total. The molecule has 5 heterocycles. The van der Waals surface area contributed by atoms with Crippen molar-refractivity contribution >= 4 is 74.4 Å². The van der Waals surface area contributed by atoms with Crippen LogP contribution in [0.4, 0.5) is 23.7 Å². The molecule has 68 heavy (non-hydrogen) atoms. The number of nitrogens with one attached hydrogen (secondary N) is 4. The van der Waals surface area contributed by atoms with Crippen LogP contribution in [0.2, 0.25) is 0 Å². The van der Waals surface area contributed by atoms with Crippen molar-refractivity contribution in [1.29, 1.82) is 0 Å². The highest BCUT2D eigenvalue weighted by Gasteiger charge is 2.44. The van der Waals surface area contributed by atoms with Crippen molar-refractivity contribution in [2.45, 2.75) is 71.4 Å². The number of amides is 3. The number of β-amino-alcohol motifs (C(OH)–C–C–N with tert-alkyl or cyclic N) is 1. The minimum atomic E-state index is -4.40. The molecule has 6 aromatic rings. The highest BCUT2D eigenvalue weighted by atomic mass is 32.2. The first-order valence-electron chi connectivity index (χ1n) is 21.7. The topological polar surface area (TPSA) is 207 Å². The van der Waals surface area contributed by atoms with Crippen LogP contribution in [0.15, 0.2) is 84.6 Å². The number of aliphatic hydroxyl groups excluding tert-OH is 1. The summed E-state index contributed by atoms with van der Waals surface area (Å²) in [5, 5.41) is 16.6. The summed E-state index contributed by atoms with van der Waals surface area (Å²) in [6.45, 7) is 6.87. The predicted molar refractivity (Wildman–Crippen MR) is 252 cm³/mol. The lowest BCUT2D eigenvalue weighted by atomic mass is 9.68. The van der Waals surface area contributed by atoms with E-state index in [4.69, 9.17) is 0 Å². The van der Waals surface area contributed by atoms with Crippen LogP contribution in [-0.2, 0) is 26.3 Å². The molecule has 3 aromatic carbocycles. The number of carbonyl (C=O) groups is 4. The van der Waals surface area contributed by atoms with E-state index in [1.807, 2.05) is 35.9 Å². The van der Waals surface area contributed by atoms with Crippen molar-refractivity contribution in [2.24, 2.45) is 5.41 Å². The van der Waals surface area contributed by atoms with Crippen molar-refractivity contribution in [3.05, 3.63) is 119 Å². The van der Waals surface area contributed by atoms with E-state index in [1.54, 1.807) is 68.0 Å². The molecule has 15 nitrogen and oxygen atoms in total. The number of pyridine rings is 1. The number of benzene rings is 3. The SMILES string of the molecule is Cc1ncsc1-c1ccc(CNC(=O)[C@@H]2C[C@@H](O)CN2C(=O)[C@@H](NC(=O)[B]c2ccc(-c3cnc4[nH]cc(C(=O)c5c(F)ccc(NS(=O)(=O)N6CC[C@@H](F)C6)c5F)c4c3)cc2)C(C)(C)C)cc1. The molecular weight excluding hydrogens is 921 g/mol. The highest BCUT2D eigenvalue weighted by Crippen LogP contribution is 2.32. The Kier molecular flexibility index (Phi) is 13.6. The molecule has 0 aliphatic carbocycles. The Bertz CT molecular complexity index is 3020. The first-order valence-corrected chi connectivity index (χ1v) is 24.0. The molecule has 2 saturated heterocycles. The average Bonchev–Trinajstić information content (AvgIpc) is 4.12. The summed E-state index contributed by atoms with van der Waals surface area (Å²) in [6.07, 6.45) is 0.442. The van der Waals surface area contributed by atoms with Crippen LogP contribution in [-0.4, -0.2) is 112 Å². The van der Waals surface area contributed by atoms with Crippen LogP contribution in [0.5, 0.6) is 0 Å². The molecule has 3 aromatic heterocycles. The number of thiazole rings is 1. The van der Waals surface area contributed by atoms with Crippen LogP contribution in [0, 0.1) is 24.0 Å². The number of alkyl halides is 1. The summed E-state index contributed by atoms with van der Waals surface area (Å²) in [5.74, 6) is -5.28. The number of halogens is 3. The van der Waals surface area contributed by atoms with Gasteiger partial charge in [0.15, 0.2) is 11.6 Å². The molecule has 2 aliphatic rings. The number of nitrogens with zero attached hydrogens (tertiary/aromatic N) is 4. The fraction of sp³-hybridized carbons (Fsp3) is 0.319. The summed E-state index contributed by atoms with van der Waals surface area (Å²) < 4.78 is 73.1. The monoisotopic (exact) mass is 967 g/mol. The van der Waals surface area contributed by atoms with E-state index >= 15 is 8.78 Å². The van der Waals surface area contributed by atoms with Gasteiger partial charge < -0.3 is 25.6 Å². The molecule has 21 heteroatoms. The molecule has 8 rings (SSSR count). The summed E-state index contributed by atoms with van der Waals surface area (Å²) >= 11 is 1.54. The molecule has 4 atom stereocenters. The van der Waals surface area contributed by atoms with Gasteiger partial charge in [0.1, 0.15) is 29.7 Å². The minimum absolute atomic E-state index is 0.0283. The third-order valence-electron chi connectivity index (χ3n) is 12.0. The second-order valence-corrected chi connectivity index (χ2v) is 20.5. The zero-order valence-corrected chi connectivity index (χ0v) is 39.0. The quantitative estimate of drug-likeness (QED) is 0.0679. The molecule has 0 saturated carbocycles. The van der Waals surface area contributed by atoms with Crippen molar-refractivity contribution in [2.75, 3.05) is 24.4 Å². The number of ketones is 1. The number of hydrogen-bond donors (Lipinski definition) is 5. The number of likely N-dealkylation sites (tertiary alicyclic amines) is 1. The smallest absolute Gasteiger partial charge is 0.301 e. The summed E-state index contributed by atoms with van der Waals surface area (Å²) in [7, 11) is -3.09. The standard InChI is InChI=1S/C47H47BF3N8O7S2/c1-25-41(67-24-55-25)28-7-5-26(6-8-28)19-54-44(62)37-18-32(60)23-59(37)45(63)42(47(2,3)4)56-46(64)48-30-11-9-27(10-12-30)29-17-33-34(21-53-43(33)52-20-29)40(61)38-35(50)13-14-36(39(38)51)57-68(65,66)58-16-15-31(49)22-58/h5-14,17,20-21,24,31-32,37,42,57,60H,15-16,18-19,22-23H2,1-4H3,(H,52,53)(H,54,62)(H,56,64)/t31-,32-,37+,42-/m1/s1. The molecule has 0 unspecified atom stereocenters. The second kappa shape index (κ2) is 19.3. The van der Waals surface area contributed by atoms with Gasteiger partial charge in [-0.25, -0.2) is 23.1 Å². The fourth-order valence-corrected chi connectivity index (χ4v) is 10.4. The number of fused-ring (bicyclic) bond motifs is 1. The van der Waals surface area contributed by atoms with E-state index in [0.717, 1.165) is 38.1 Å². The van der Waals surface area contributed by atoms with Gasteiger partial charge in [-0.15, -0.1) is 11.3 Å². The molecule has 1 radical (unpaired) electrons. The van der Waals surface area contributed by atoms with Crippen LogP contribution >= 0.6 is 11.3 Å². The number of aliphatic hydroxyl groups is 1. The van der Waals surface area contributed by atoms with E-state index in [0.29, 0.717) is 16.6 Å². The summed E-state index contributed by atoms with van der Waals surface area (Å²) in [4.78, 5) is 68.8. The molecule has 0 bridgehead atoms. The summed E-state index contributed by atoms with van der Waals surface area (Å²) in [6, 6.07) is 15.6. The third-order valence-corrected chi connectivity index (χ3v) is 14.5. The minimum Gasteiger partial charge on any atom is -0.391 e. The number of aromatic nitrogens is 3. The van der Waals surface area contributed by atoms with Crippen molar-refractivity contribution in [3.8, 4) is 21.6 Å². The first kappa shape index (κ1) is 48.1. The van der Waals surface area contributed by atoms with Crippen LogP contribution < -0.4 is 20.8 Å². The lowest BCUT2D eigenvalue weighted by Crippen LogP contribution is -2.58. The number of aryl methyl sites for hydroxylation is 1. The first-order chi connectivity index (χ1) is 32.3. The van der Waals surface area contributed by atoms with Crippen molar-refractivity contribution in [1.82, 2.24) is 34.8 Å². The fourth-order valence-electron chi connectivity index (χ4n) is 8.32. The molecule has 2 fully saturated rings. The maximum atomic E-state index is 15.8. The number of H-pyrrole nitrogens is 1. The maximum absolute atomic E-state index is 15.8. The molecule has 2 aliphatic heterocycles. The van der Waals surface area contributed by atoms with Gasteiger partial charge in [-0.3, -0.25) is 23.9 Å². The molecule has 0 spiro atoms. The van der Waals surface area contributed by atoms with Gasteiger partial charge in [0, 0.05) is 61.5 Å². The molecule has 353 valence electrons. The zero-order valence-electron chi connectivity index (χ0n) is 37.3. The Morgan fingerprint density at radius 2 is 1.71 bits per heavy atom. The normalized spacial score (nSPS) is 18.1. The second-order valence-electron chi connectivity index (χ2n) is 17.9. The Labute approximate surface area is 395 Å². The van der Waals surface area contributed by atoms with Gasteiger partial charge >= 0.3 is 10.2 Å². The largest absolute Gasteiger partial charge is 0.391 e. The highest BCUT2D eigenvalue weighted by molar-refractivity contribution is 7.90. The van der Waals surface area contributed by atoms with Crippen molar-refractivity contribution in [3.63, 3.8) is 0 Å². The van der Waals surface area contributed by atoms with Gasteiger partial charge in [-0.05, 0) is 53.6 Å². The Balaban J connectivity index is 0.918. The Morgan fingerprint density at radius 3 is 2.37 bits per heavy atom. The molecule has 3 amide bonds. The number of aromatic amines is 1. The van der Waals surface area contributed by atoms with E-state index in [1.165, 1.54) is 24.6 Å². The lowest BCUT2D eigenvalue weighted by molar-refractivity contribution is -0.141. The zero-order chi connectivity index (χ0) is 48.7. The predicted octanol–water partition coefficient (Wildman–Crippen LogP) is 5.60. The molecular formula is C47H47BF3N8O7S2. The summed E-state index contributed by atoms with van der Waals surface area (Å²) in [5.41, 5.74) is 3.77. The van der Waals surface area contributed by atoms with Crippen LogP contribution in [0.3, 0.4) is 0 Å². The Morgan fingerprint density at radius 1 is 0.985 bits per heavy atom. The third kappa shape index (κ3) is 10.2. The van der Waals surface area contributed by atoms with E-state index in [2.05, 4.69) is 25.6 Å². The average molecular weight is 968 g/mol. The van der Waals surface area contributed by atoms with Gasteiger partial charge in [0.25, 0.3) is 7.28 Å².